The molecule has 1 aromatic heterocycles. The molecule has 1 aliphatic rings. The molecular weight excluding hydrogens is 319 g/mol. The van der Waals surface area contributed by atoms with Crippen LogP contribution in [0.3, 0.4) is 0 Å². The highest BCUT2D eigenvalue weighted by Crippen LogP contribution is 2.38. The van der Waals surface area contributed by atoms with Crippen molar-refractivity contribution in [2.45, 2.75) is 31.8 Å². The van der Waals surface area contributed by atoms with Crippen molar-refractivity contribution in [1.29, 1.82) is 0 Å². The molecule has 1 aromatic rings. The highest BCUT2D eigenvalue weighted by atomic mass is 31.2. The number of phosphoric acid groups is 1. The van der Waals surface area contributed by atoms with Crippen LogP contribution in [0.15, 0.2) is 15.8 Å². The lowest BCUT2D eigenvalue weighted by molar-refractivity contribution is -0.0454. The third-order valence-electron chi connectivity index (χ3n) is 3.40. The SMILES string of the molecule is Cc1cn([C@H]2C[C@H](O)[C@@H](COP(=O)(O)O)O2)c(=O)n(C)c1=O. The van der Waals surface area contributed by atoms with Gasteiger partial charge in [-0.1, -0.05) is 0 Å². The highest BCUT2D eigenvalue weighted by Gasteiger charge is 2.37. The van der Waals surface area contributed by atoms with Gasteiger partial charge >= 0.3 is 13.5 Å². The van der Waals surface area contributed by atoms with E-state index >= 15 is 0 Å². The van der Waals surface area contributed by atoms with Gasteiger partial charge in [-0.3, -0.25) is 18.5 Å². The minimum Gasteiger partial charge on any atom is -0.390 e. The van der Waals surface area contributed by atoms with Gasteiger partial charge in [0, 0.05) is 25.2 Å². The fraction of sp³-hybridized carbons (Fsp3) is 0.636. The number of rotatable bonds is 4. The Hall–Kier alpha value is -1.29. The van der Waals surface area contributed by atoms with E-state index in [1.54, 1.807) is 0 Å². The summed E-state index contributed by atoms with van der Waals surface area (Å²) in [6.45, 7) is 1.03. The van der Waals surface area contributed by atoms with Gasteiger partial charge in [0.15, 0.2) is 0 Å². The molecule has 1 aliphatic heterocycles. The number of hydrogen-bond acceptors (Lipinski definition) is 6. The number of phosphoric ester groups is 1. The molecule has 0 spiro atoms. The van der Waals surface area contributed by atoms with Crippen molar-refractivity contribution in [2.24, 2.45) is 7.05 Å². The second-order valence-corrected chi connectivity index (χ2v) is 6.32. The molecule has 1 saturated heterocycles. The topological polar surface area (TPSA) is 140 Å². The molecule has 1 fully saturated rings. The number of aliphatic hydroxyl groups excluding tert-OH is 1. The first-order valence-electron chi connectivity index (χ1n) is 6.42. The molecule has 3 N–H and O–H groups in total. The van der Waals surface area contributed by atoms with Gasteiger partial charge < -0.3 is 19.6 Å². The molecule has 22 heavy (non-hydrogen) atoms. The molecule has 0 bridgehead atoms. The van der Waals surface area contributed by atoms with Gasteiger partial charge in [-0.25, -0.2) is 9.36 Å². The summed E-state index contributed by atoms with van der Waals surface area (Å²) in [4.78, 5) is 41.0. The predicted octanol–water partition coefficient (Wildman–Crippen LogP) is -1.39. The quantitative estimate of drug-likeness (QED) is 0.571. The zero-order valence-corrected chi connectivity index (χ0v) is 12.8. The Morgan fingerprint density at radius 2 is 2.09 bits per heavy atom. The largest absolute Gasteiger partial charge is 0.469 e. The third-order valence-corrected chi connectivity index (χ3v) is 3.89. The Balaban J connectivity index is 2.21. The van der Waals surface area contributed by atoms with E-state index in [-0.39, 0.29) is 6.42 Å². The summed E-state index contributed by atoms with van der Waals surface area (Å²) in [6, 6.07) is 0. The zero-order chi connectivity index (χ0) is 16.7. The molecule has 0 aliphatic carbocycles. The predicted molar refractivity (Wildman–Crippen MR) is 73.2 cm³/mol. The molecule has 0 aromatic carbocycles. The summed E-state index contributed by atoms with van der Waals surface area (Å²) in [6.07, 6.45) is -1.53. The summed E-state index contributed by atoms with van der Waals surface area (Å²) in [7, 11) is -3.35. The average Bonchev–Trinajstić information content (AvgIpc) is 2.78. The first kappa shape index (κ1) is 17.1. The van der Waals surface area contributed by atoms with Crippen LogP contribution in [0.5, 0.6) is 0 Å². The van der Waals surface area contributed by atoms with E-state index in [9.17, 15) is 19.3 Å². The number of hydrogen-bond donors (Lipinski definition) is 3. The van der Waals surface area contributed by atoms with Crippen LogP contribution in [0.1, 0.15) is 18.2 Å². The Labute approximate surface area is 124 Å². The summed E-state index contributed by atoms with van der Waals surface area (Å²) >= 11 is 0. The van der Waals surface area contributed by atoms with E-state index < -0.39 is 44.1 Å². The van der Waals surface area contributed by atoms with Gasteiger partial charge in [0.2, 0.25) is 0 Å². The van der Waals surface area contributed by atoms with E-state index in [1.165, 1.54) is 20.2 Å². The lowest BCUT2D eigenvalue weighted by atomic mass is 10.2. The smallest absolute Gasteiger partial charge is 0.390 e. The van der Waals surface area contributed by atoms with Crippen molar-refractivity contribution < 1.29 is 28.7 Å². The number of aryl methyl sites for hydroxylation is 1. The summed E-state index contributed by atoms with van der Waals surface area (Å²) in [5.74, 6) is 0. The van der Waals surface area contributed by atoms with Gasteiger partial charge in [-0.15, -0.1) is 0 Å². The number of aromatic nitrogens is 2. The fourth-order valence-corrected chi connectivity index (χ4v) is 2.60. The summed E-state index contributed by atoms with van der Waals surface area (Å²) in [5.41, 5.74) is -0.708. The molecular formula is C11H17N2O8P. The van der Waals surface area contributed by atoms with Crippen LogP contribution in [-0.4, -0.2) is 42.8 Å². The van der Waals surface area contributed by atoms with Crippen molar-refractivity contribution >= 4 is 7.82 Å². The minimum atomic E-state index is -4.67. The van der Waals surface area contributed by atoms with E-state index in [2.05, 4.69) is 4.52 Å². The Kier molecular flexibility index (Phi) is 4.71. The van der Waals surface area contributed by atoms with Gasteiger partial charge in [0.25, 0.3) is 5.56 Å². The van der Waals surface area contributed by atoms with E-state index in [0.717, 1.165) is 9.13 Å². The Morgan fingerprint density at radius 1 is 1.45 bits per heavy atom. The van der Waals surface area contributed by atoms with Crippen LogP contribution in [0.25, 0.3) is 0 Å². The lowest BCUT2D eigenvalue weighted by Crippen LogP contribution is -2.40. The highest BCUT2D eigenvalue weighted by molar-refractivity contribution is 7.46. The standard InChI is InChI=1S/C11H17N2O8P/c1-6-4-13(11(16)12(2)10(6)15)9-3-7(14)8(21-9)5-20-22(17,18)19/h4,7-9,14H,3,5H2,1-2H3,(H2,17,18,19)/t7-,8+,9+/m0/s1. The van der Waals surface area contributed by atoms with Crippen LogP contribution in [-0.2, 0) is 20.9 Å². The first-order chi connectivity index (χ1) is 10.1. The second-order valence-electron chi connectivity index (χ2n) is 5.08. The number of aliphatic hydroxyl groups is 1. The van der Waals surface area contributed by atoms with Crippen LogP contribution >= 0.6 is 7.82 Å². The molecule has 0 saturated carbocycles. The third kappa shape index (κ3) is 3.54. The van der Waals surface area contributed by atoms with Crippen molar-refractivity contribution in [3.05, 3.63) is 32.6 Å². The van der Waals surface area contributed by atoms with E-state index in [4.69, 9.17) is 14.5 Å². The summed E-state index contributed by atoms with van der Waals surface area (Å²) < 4.78 is 22.5. The van der Waals surface area contributed by atoms with Crippen LogP contribution in [0.4, 0.5) is 0 Å². The van der Waals surface area contributed by atoms with Crippen LogP contribution in [0, 0.1) is 6.92 Å². The van der Waals surface area contributed by atoms with Gasteiger partial charge in [-0.05, 0) is 6.92 Å². The monoisotopic (exact) mass is 336 g/mol. The molecule has 124 valence electrons. The maximum atomic E-state index is 12.1. The number of nitrogens with zero attached hydrogens (tertiary/aromatic N) is 2. The lowest BCUT2D eigenvalue weighted by Gasteiger charge is -2.17. The fourth-order valence-electron chi connectivity index (χ4n) is 2.26. The molecule has 3 atom stereocenters. The van der Waals surface area contributed by atoms with Gasteiger partial charge in [-0.2, -0.15) is 0 Å². The maximum absolute atomic E-state index is 12.1. The first-order valence-corrected chi connectivity index (χ1v) is 7.95. The Bertz CT molecular complexity index is 720. The molecule has 10 nitrogen and oxygen atoms in total. The molecule has 0 unspecified atom stereocenters. The zero-order valence-electron chi connectivity index (χ0n) is 11.9. The molecule has 2 heterocycles. The molecule has 2 rings (SSSR count). The van der Waals surface area contributed by atoms with Crippen molar-refractivity contribution in [1.82, 2.24) is 9.13 Å². The van der Waals surface area contributed by atoms with Gasteiger partial charge in [0.05, 0.1) is 12.7 Å². The number of ether oxygens (including phenoxy) is 1. The molecule has 0 amide bonds. The van der Waals surface area contributed by atoms with Gasteiger partial charge in [0.1, 0.15) is 12.3 Å². The maximum Gasteiger partial charge on any atom is 0.469 e. The van der Waals surface area contributed by atoms with Crippen LogP contribution < -0.4 is 11.2 Å². The normalized spacial score (nSPS) is 25.6. The van der Waals surface area contributed by atoms with Crippen LogP contribution in [0.2, 0.25) is 0 Å². The summed E-state index contributed by atoms with van der Waals surface area (Å²) in [5, 5.41) is 9.86. The molecule has 0 radical (unpaired) electrons. The average molecular weight is 336 g/mol. The second kappa shape index (κ2) is 6.07. The molecule has 11 heteroatoms. The van der Waals surface area contributed by atoms with Crippen molar-refractivity contribution in [2.75, 3.05) is 6.61 Å². The van der Waals surface area contributed by atoms with Crippen molar-refractivity contribution in [3.8, 4) is 0 Å². The minimum absolute atomic E-state index is 0.0345. The van der Waals surface area contributed by atoms with E-state index in [1.807, 2.05) is 0 Å². The Morgan fingerprint density at radius 3 is 2.68 bits per heavy atom. The van der Waals surface area contributed by atoms with Crippen molar-refractivity contribution in [3.63, 3.8) is 0 Å². The van der Waals surface area contributed by atoms with E-state index in [0.29, 0.717) is 5.56 Å².